The molecule has 0 radical (unpaired) electrons. The number of carbonyl (C=O) groups is 1. The first-order valence-corrected chi connectivity index (χ1v) is 9.29. The largest absolute Gasteiger partial charge is 0.480 e. The van der Waals surface area contributed by atoms with E-state index in [2.05, 4.69) is 20.3 Å². The summed E-state index contributed by atoms with van der Waals surface area (Å²) < 4.78 is 5.03. The van der Waals surface area contributed by atoms with E-state index in [0.29, 0.717) is 42.7 Å². The summed E-state index contributed by atoms with van der Waals surface area (Å²) in [5, 5.41) is 13.9. The predicted octanol–water partition coefficient (Wildman–Crippen LogP) is 2.56. The number of halogens is 1. The number of hydrogen-bond donors (Lipinski definition) is 3. The van der Waals surface area contributed by atoms with Gasteiger partial charge in [-0.2, -0.15) is 0 Å². The average molecular weight is 402 g/mol. The van der Waals surface area contributed by atoms with E-state index in [1.54, 1.807) is 17.3 Å². The van der Waals surface area contributed by atoms with E-state index < -0.39 is 6.10 Å². The smallest absolute Gasteiger partial charge is 0.317 e. The summed E-state index contributed by atoms with van der Waals surface area (Å²) in [7, 11) is 1.54. The van der Waals surface area contributed by atoms with Gasteiger partial charge in [0, 0.05) is 35.2 Å². The fourth-order valence-electron chi connectivity index (χ4n) is 3.27. The van der Waals surface area contributed by atoms with Gasteiger partial charge in [0.25, 0.3) is 0 Å². The van der Waals surface area contributed by atoms with Gasteiger partial charge >= 0.3 is 6.03 Å². The van der Waals surface area contributed by atoms with Crippen molar-refractivity contribution < 1.29 is 14.6 Å². The molecule has 1 aliphatic rings. The number of aromatic amines is 1. The van der Waals surface area contributed by atoms with Crippen molar-refractivity contribution in [2.45, 2.75) is 19.1 Å². The van der Waals surface area contributed by atoms with Crippen LogP contribution < -0.4 is 10.1 Å². The molecule has 2 aromatic heterocycles. The van der Waals surface area contributed by atoms with Gasteiger partial charge in [0.05, 0.1) is 42.9 Å². The molecule has 146 valence electrons. The molecule has 0 spiro atoms. The van der Waals surface area contributed by atoms with Crippen LogP contribution >= 0.6 is 11.6 Å². The number of carbonyl (C=O) groups excluding carboxylic acids is 1. The van der Waals surface area contributed by atoms with Crippen LogP contribution in [0.15, 0.2) is 30.6 Å². The van der Waals surface area contributed by atoms with Crippen LogP contribution in [0.1, 0.15) is 12.1 Å². The normalized spacial score (nSPS) is 16.5. The van der Waals surface area contributed by atoms with Gasteiger partial charge in [-0.15, -0.1) is 0 Å². The average Bonchev–Trinajstić information content (AvgIpc) is 3.31. The SMILES string of the molecule is COc1cnc(-c2cc3[nH]c(CNC(=O)N4CC[C@H](O)C4)cc3cc2Cl)cn1. The van der Waals surface area contributed by atoms with Crippen LogP contribution in [0, 0.1) is 0 Å². The molecule has 3 N–H and O–H groups in total. The second-order valence-electron chi connectivity index (χ2n) is 6.71. The van der Waals surface area contributed by atoms with Crippen LogP contribution in [0.3, 0.4) is 0 Å². The van der Waals surface area contributed by atoms with E-state index in [0.717, 1.165) is 22.2 Å². The molecule has 3 heterocycles. The number of amides is 2. The molecule has 2 amide bonds. The molecule has 0 aliphatic carbocycles. The number of aromatic nitrogens is 3. The number of nitrogens with zero attached hydrogens (tertiary/aromatic N) is 3. The molecule has 0 bridgehead atoms. The van der Waals surface area contributed by atoms with Gasteiger partial charge < -0.3 is 25.0 Å². The molecule has 0 unspecified atom stereocenters. The fourth-order valence-corrected chi connectivity index (χ4v) is 3.54. The number of hydrogen-bond acceptors (Lipinski definition) is 5. The van der Waals surface area contributed by atoms with Gasteiger partial charge in [0.1, 0.15) is 0 Å². The Kier molecular flexibility index (Phi) is 5.06. The number of methoxy groups -OCH3 is 1. The molecule has 3 aromatic rings. The monoisotopic (exact) mass is 401 g/mol. The molecule has 1 saturated heterocycles. The lowest BCUT2D eigenvalue weighted by atomic mass is 10.1. The fraction of sp³-hybridized carbons (Fsp3) is 0.316. The molecule has 8 nitrogen and oxygen atoms in total. The van der Waals surface area contributed by atoms with Gasteiger partial charge in [-0.3, -0.25) is 0 Å². The van der Waals surface area contributed by atoms with E-state index in [-0.39, 0.29) is 6.03 Å². The molecule has 1 aliphatic heterocycles. The minimum absolute atomic E-state index is 0.178. The third-order valence-electron chi connectivity index (χ3n) is 4.76. The van der Waals surface area contributed by atoms with Crippen molar-refractivity contribution in [3.63, 3.8) is 0 Å². The van der Waals surface area contributed by atoms with Gasteiger partial charge in [-0.05, 0) is 24.6 Å². The number of rotatable bonds is 4. The van der Waals surface area contributed by atoms with Gasteiger partial charge in [0.15, 0.2) is 0 Å². The summed E-state index contributed by atoms with van der Waals surface area (Å²) in [5.41, 5.74) is 3.15. The van der Waals surface area contributed by atoms with Crippen molar-refractivity contribution in [1.29, 1.82) is 0 Å². The van der Waals surface area contributed by atoms with Crippen LogP contribution in [0.5, 0.6) is 5.88 Å². The molecule has 0 saturated carbocycles. The maximum atomic E-state index is 12.2. The number of nitrogens with one attached hydrogen (secondary N) is 2. The highest BCUT2D eigenvalue weighted by molar-refractivity contribution is 6.34. The highest BCUT2D eigenvalue weighted by Crippen LogP contribution is 2.31. The van der Waals surface area contributed by atoms with Crippen LogP contribution in [0.2, 0.25) is 5.02 Å². The maximum absolute atomic E-state index is 12.2. The molecular weight excluding hydrogens is 382 g/mol. The maximum Gasteiger partial charge on any atom is 0.317 e. The summed E-state index contributed by atoms with van der Waals surface area (Å²) in [6, 6.07) is 5.54. The van der Waals surface area contributed by atoms with Gasteiger partial charge in [-0.1, -0.05) is 11.6 Å². The number of benzene rings is 1. The molecule has 1 fully saturated rings. The Bertz CT molecular complexity index is 1000. The molecular formula is C19H20ClN5O3. The first-order chi connectivity index (χ1) is 13.5. The van der Waals surface area contributed by atoms with Crippen LogP contribution in [0.4, 0.5) is 4.79 Å². The summed E-state index contributed by atoms with van der Waals surface area (Å²) in [6.45, 7) is 1.30. The van der Waals surface area contributed by atoms with E-state index >= 15 is 0 Å². The minimum Gasteiger partial charge on any atom is -0.480 e. The first-order valence-electron chi connectivity index (χ1n) is 8.92. The number of likely N-dealkylation sites (tertiary alicyclic amines) is 1. The Balaban J connectivity index is 1.51. The van der Waals surface area contributed by atoms with Gasteiger partial charge in [-0.25, -0.2) is 14.8 Å². The zero-order chi connectivity index (χ0) is 19.7. The summed E-state index contributed by atoms with van der Waals surface area (Å²) >= 11 is 6.43. The van der Waals surface area contributed by atoms with E-state index in [1.807, 2.05) is 18.2 Å². The van der Waals surface area contributed by atoms with Crippen molar-refractivity contribution in [3.8, 4) is 17.1 Å². The van der Waals surface area contributed by atoms with Crippen molar-refractivity contribution in [2.75, 3.05) is 20.2 Å². The highest BCUT2D eigenvalue weighted by atomic mass is 35.5. The Hall–Kier alpha value is -2.84. The highest BCUT2D eigenvalue weighted by Gasteiger charge is 2.24. The quantitative estimate of drug-likeness (QED) is 0.623. The number of aliphatic hydroxyl groups excluding tert-OH is 1. The standard InChI is InChI=1S/C19H20ClN5O3/c1-28-18-9-21-17(8-22-18)14-6-16-11(5-15(14)20)4-12(24-16)7-23-19(27)25-3-2-13(26)10-25/h4-6,8-9,13,24,26H,2-3,7,10H2,1H3,(H,23,27)/t13-/m0/s1. The second kappa shape index (κ2) is 7.65. The molecule has 28 heavy (non-hydrogen) atoms. The topological polar surface area (TPSA) is 103 Å². The Morgan fingerprint density at radius 2 is 2.25 bits per heavy atom. The minimum atomic E-state index is -0.430. The zero-order valence-electron chi connectivity index (χ0n) is 15.3. The Labute approximate surface area is 166 Å². The molecule has 9 heteroatoms. The number of β-amino-alcohol motifs (C(OH)–C–C–N with tert-alkyl or cyclic N) is 1. The summed E-state index contributed by atoms with van der Waals surface area (Å²) in [6.07, 6.45) is 3.34. The Morgan fingerprint density at radius 3 is 2.93 bits per heavy atom. The zero-order valence-corrected chi connectivity index (χ0v) is 16.0. The number of aliphatic hydroxyl groups is 1. The van der Waals surface area contributed by atoms with Crippen LogP contribution in [0.25, 0.3) is 22.2 Å². The number of fused-ring (bicyclic) bond motifs is 1. The first kappa shape index (κ1) is 18.5. The van der Waals surface area contributed by atoms with Crippen molar-refractivity contribution in [3.05, 3.63) is 41.3 Å². The number of H-pyrrole nitrogens is 1. The molecule has 1 atom stereocenters. The molecule has 1 aromatic carbocycles. The second-order valence-corrected chi connectivity index (χ2v) is 7.11. The van der Waals surface area contributed by atoms with Crippen molar-refractivity contribution >= 4 is 28.5 Å². The molecule has 4 rings (SSSR count). The third-order valence-corrected chi connectivity index (χ3v) is 5.07. The predicted molar refractivity (Wildman–Crippen MR) is 105 cm³/mol. The lowest BCUT2D eigenvalue weighted by molar-refractivity contribution is 0.171. The van der Waals surface area contributed by atoms with Crippen molar-refractivity contribution in [1.82, 2.24) is 25.2 Å². The summed E-state index contributed by atoms with van der Waals surface area (Å²) in [5.74, 6) is 0.435. The third kappa shape index (κ3) is 3.74. The summed E-state index contributed by atoms with van der Waals surface area (Å²) in [4.78, 5) is 25.6. The van der Waals surface area contributed by atoms with Gasteiger partial charge in [0.2, 0.25) is 5.88 Å². The van der Waals surface area contributed by atoms with E-state index in [4.69, 9.17) is 16.3 Å². The van der Waals surface area contributed by atoms with Crippen LogP contribution in [-0.2, 0) is 6.54 Å². The number of urea groups is 1. The lowest BCUT2D eigenvalue weighted by Crippen LogP contribution is -2.38. The van der Waals surface area contributed by atoms with Crippen molar-refractivity contribution in [2.24, 2.45) is 0 Å². The number of ether oxygens (including phenoxy) is 1. The Morgan fingerprint density at radius 1 is 1.39 bits per heavy atom. The lowest BCUT2D eigenvalue weighted by Gasteiger charge is -2.15. The van der Waals surface area contributed by atoms with E-state index in [1.165, 1.54) is 7.11 Å². The van der Waals surface area contributed by atoms with Crippen LogP contribution in [-0.4, -0.2) is 57.3 Å². The van der Waals surface area contributed by atoms with E-state index in [9.17, 15) is 9.90 Å².